The minimum absolute atomic E-state index is 0.108. The van der Waals surface area contributed by atoms with E-state index in [1.165, 1.54) is 0 Å². The molecule has 1 fully saturated rings. The summed E-state index contributed by atoms with van der Waals surface area (Å²) in [5.41, 5.74) is 3.81. The maximum atomic E-state index is 12.9. The Morgan fingerprint density at radius 3 is 2.70 bits per heavy atom. The molecular formula is C27H29N3O3. The number of carbonyl (C=O) groups excluding carboxylic acids is 1. The molecule has 2 aromatic carbocycles. The molecule has 170 valence electrons. The lowest BCUT2D eigenvalue weighted by Gasteiger charge is -2.21. The number of rotatable bonds is 5. The van der Waals surface area contributed by atoms with E-state index in [1.807, 2.05) is 59.1 Å². The summed E-state index contributed by atoms with van der Waals surface area (Å²) in [7, 11) is 3.61. The van der Waals surface area contributed by atoms with Crippen LogP contribution in [0.4, 0.5) is 0 Å². The standard InChI is InChI=1S/C27H29N3O3/c1-28-12-5-8-24(28)27(31)30-14-6-13-29(15-16-30)19-22-18-21-17-20(10-11-25(21)33-22)23-7-3-4-9-26(23)32-2/h3-5,7-12,17-18H,6,13-16,19H2,1-2H3. The predicted molar refractivity (Wildman–Crippen MR) is 129 cm³/mol. The summed E-state index contributed by atoms with van der Waals surface area (Å²) >= 11 is 0. The fraction of sp³-hybridized carbons (Fsp3) is 0.296. The van der Waals surface area contributed by atoms with E-state index in [4.69, 9.17) is 9.15 Å². The molecule has 0 atom stereocenters. The maximum Gasteiger partial charge on any atom is 0.270 e. The summed E-state index contributed by atoms with van der Waals surface area (Å²) in [6, 6.07) is 20.2. The van der Waals surface area contributed by atoms with E-state index in [0.717, 1.165) is 78.4 Å². The Bertz CT molecular complexity index is 1270. The van der Waals surface area contributed by atoms with Crippen LogP contribution < -0.4 is 4.74 Å². The Kier molecular flexibility index (Phi) is 5.92. The maximum absolute atomic E-state index is 12.9. The highest BCUT2D eigenvalue weighted by molar-refractivity contribution is 5.92. The molecule has 0 radical (unpaired) electrons. The molecular weight excluding hydrogens is 414 g/mol. The average Bonchev–Trinajstić information content (AvgIpc) is 3.37. The largest absolute Gasteiger partial charge is 0.496 e. The Morgan fingerprint density at radius 1 is 1.00 bits per heavy atom. The molecule has 0 bridgehead atoms. The molecule has 2 aromatic heterocycles. The first-order valence-electron chi connectivity index (χ1n) is 11.4. The van der Waals surface area contributed by atoms with Crippen molar-refractivity contribution in [3.05, 3.63) is 78.3 Å². The fourth-order valence-electron chi connectivity index (χ4n) is 4.62. The van der Waals surface area contributed by atoms with Crippen LogP contribution in [0.15, 0.2) is 71.3 Å². The Hall–Kier alpha value is -3.51. The lowest BCUT2D eigenvalue weighted by Crippen LogP contribution is -2.35. The lowest BCUT2D eigenvalue weighted by molar-refractivity contribution is 0.0751. The first kappa shape index (κ1) is 21.3. The summed E-state index contributed by atoms with van der Waals surface area (Å²) in [4.78, 5) is 17.2. The third-order valence-corrected chi connectivity index (χ3v) is 6.40. The van der Waals surface area contributed by atoms with E-state index in [1.54, 1.807) is 7.11 Å². The van der Waals surface area contributed by atoms with Gasteiger partial charge in [-0.2, -0.15) is 0 Å². The molecule has 6 heteroatoms. The molecule has 33 heavy (non-hydrogen) atoms. The number of aryl methyl sites for hydroxylation is 1. The summed E-state index contributed by atoms with van der Waals surface area (Å²) < 4.78 is 13.6. The van der Waals surface area contributed by atoms with Gasteiger partial charge in [-0.15, -0.1) is 0 Å². The summed E-state index contributed by atoms with van der Waals surface area (Å²) in [6.07, 6.45) is 2.87. The number of hydrogen-bond acceptors (Lipinski definition) is 4. The molecule has 6 nitrogen and oxygen atoms in total. The van der Waals surface area contributed by atoms with Crippen molar-refractivity contribution in [3.63, 3.8) is 0 Å². The second-order valence-corrected chi connectivity index (χ2v) is 8.59. The van der Waals surface area contributed by atoms with Gasteiger partial charge >= 0.3 is 0 Å². The van der Waals surface area contributed by atoms with Crippen molar-refractivity contribution in [1.82, 2.24) is 14.4 Å². The van der Waals surface area contributed by atoms with Gasteiger partial charge in [0.2, 0.25) is 0 Å². The first-order valence-corrected chi connectivity index (χ1v) is 11.4. The molecule has 0 spiro atoms. The third kappa shape index (κ3) is 4.39. The lowest BCUT2D eigenvalue weighted by atomic mass is 10.0. The van der Waals surface area contributed by atoms with Gasteiger partial charge < -0.3 is 18.6 Å². The van der Waals surface area contributed by atoms with Crippen LogP contribution >= 0.6 is 0 Å². The molecule has 1 amide bonds. The molecule has 4 aromatic rings. The molecule has 5 rings (SSSR count). The molecule has 0 aliphatic carbocycles. The van der Waals surface area contributed by atoms with Crippen LogP contribution in [0.5, 0.6) is 5.75 Å². The van der Waals surface area contributed by atoms with Crippen LogP contribution in [-0.4, -0.2) is 53.6 Å². The van der Waals surface area contributed by atoms with Crippen LogP contribution in [0.2, 0.25) is 0 Å². The highest BCUT2D eigenvalue weighted by Crippen LogP contribution is 2.32. The molecule has 1 aliphatic heterocycles. The van der Waals surface area contributed by atoms with E-state index in [2.05, 4.69) is 29.2 Å². The number of carbonyl (C=O) groups is 1. The summed E-state index contributed by atoms with van der Waals surface area (Å²) in [5, 5.41) is 1.09. The monoisotopic (exact) mass is 443 g/mol. The molecule has 1 aliphatic rings. The van der Waals surface area contributed by atoms with Gasteiger partial charge in [0.05, 0.1) is 13.7 Å². The van der Waals surface area contributed by atoms with Gasteiger partial charge in [-0.1, -0.05) is 24.3 Å². The quantitative estimate of drug-likeness (QED) is 0.445. The fourth-order valence-corrected chi connectivity index (χ4v) is 4.62. The zero-order chi connectivity index (χ0) is 22.8. The average molecular weight is 444 g/mol. The van der Waals surface area contributed by atoms with Crippen LogP contribution in [0.25, 0.3) is 22.1 Å². The number of methoxy groups -OCH3 is 1. The first-order chi connectivity index (χ1) is 16.1. The van der Waals surface area contributed by atoms with Gasteiger partial charge in [-0.05, 0) is 48.4 Å². The Morgan fingerprint density at radius 2 is 1.88 bits per heavy atom. The zero-order valence-corrected chi connectivity index (χ0v) is 19.2. The van der Waals surface area contributed by atoms with Crippen LogP contribution in [0.1, 0.15) is 22.7 Å². The summed E-state index contributed by atoms with van der Waals surface area (Å²) in [5.74, 6) is 1.92. The number of aromatic nitrogens is 1. The molecule has 0 N–H and O–H groups in total. The van der Waals surface area contributed by atoms with Crippen molar-refractivity contribution < 1.29 is 13.9 Å². The van der Waals surface area contributed by atoms with Gasteiger partial charge in [0.1, 0.15) is 22.8 Å². The number of ether oxygens (including phenoxy) is 1. The minimum Gasteiger partial charge on any atom is -0.496 e. The van der Waals surface area contributed by atoms with Crippen molar-refractivity contribution in [1.29, 1.82) is 0 Å². The smallest absolute Gasteiger partial charge is 0.270 e. The topological polar surface area (TPSA) is 50.9 Å². The Balaban J connectivity index is 1.28. The number of para-hydroxylation sites is 1. The minimum atomic E-state index is 0.108. The van der Waals surface area contributed by atoms with Crippen molar-refractivity contribution in [3.8, 4) is 16.9 Å². The predicted octanol–water partition coefficient (Wildman–Crippen LogP) is 4.80. The third-order valence-electron chi connectivity index (χ3n) is 6.40. The van der Waals surface area contributed by atoms with Gasteiger partial charge in [0.15, 0.2) is 0 Å². The van der Waals surface area contributed by atoms with Crippen molar-refractivity contribution in [2.75, 3.05) is 33.3 Å². The zero-order valence-electron chi connectivity index (χ0n) is 19.2. The highest BCUT2D eigenvalue weighted by Gasteiger charge is 2.22. The van der Waals surface area contributed by atoms with E-state index in [9.17, 15) is 4.79 Å². The number of nitrogens with zero attached hydrogens (tertiary/aromatic N) is 3. The van der Waals surface area contributed by atoms with Crippen LogP contribution in [0, 0.1) is 0 Å². The van der Waals surface area contributed by atoms with Crippen molar-refractivity contribution >= 4 is 16.9 Å². The normalized spacial score (nSPS) is 15.0. The van der Waals surface area contributed by atoms with Crippen LogP contribution in [-0.2, 0) is 13.6 Å². The van der Waals surface area contributed by atoms with E-state index in [-0.39, 0.29) is 5.91 Å². The Labute approximate surface area is 194 Å². The van der Waals surface area contributed by atoms with Gasteiger partial charge in [0.25, 0.3) is 5.91 Å². The molecule has 0 saturated carbocycles. The summed E-state index contributed by atoms with van der Waals surface area (Å²) in [6.45, 7) is 4.02. The van der Waals surface area contributed by atoms with Crippen molar-refractivity contribution in [2.24, 2.45) is 7.05 Å². The van der Waals surface area contributed by atoms with Gasteiger partial charge in [-0.3, -0.25) is 9.69 Å². The highest BCUT2D eigenvalue weighted by atomic mass is 16.5. The van der Waals surface area contributed by atoms with Crippen molar-refractivity contribution in [2.45, 2.75) is 13.0 Å². The number of amides is 1. The number of furan rings is 1. The van der Waals surface area contributed by atoms with E-state index < -0.39 is 0 Å². The van der Waals surface area contributed by atoms with Crippen LogP contribution in [0.3, 0.4) is 0 Å². The van der Waals surface area contributed by atoms with Gasteiger partial charge in [-0.25, -0.2) is 0 Å². The van der Waals surface area contributed by atoms with Gasteiger partial charge in [0, 0.05) is 50.4 Å². The second-order valence-electron chi connectivity index (χ2n) is 8.59. The molecule has 3 heterocycles. The molecule has 1 saturated heterocycles. The number of hydrogen-bond donors (Lipinski definition) is 0. The second kappa shape index (κ2) is 9.16. The van der Waals surface area contributed by atoms with E-state index >= 15 is 0 Å². The van der Waals surface area contributed by atoms with E-state index in [0.29, 0.717) is 0 Å². The number of fused-ring (bicyclic) bond motifs is 1. The SMILES string of the molecule is COc1ccccc1-c1ccc2oc(CN3CCCN(C(=O)c4cccn4C)CC3)cc2c1. The molecule has 0 unspecified atom stereocenters. The number of benzene rings is 2.